The summed E-state index contributed by atoms with van der Waals surface area (Å²) in [4.78, 5) is 18.2. The van der Waals surface area contributed by atoms with Gasteiger partial charge < -0.3 is 9.80 Å². The molecule has 2 fully saturated rings. The Kier molecular flexibility index (Phi) is 5.59. The van der Waals surface area contributed by atoms with Gasteiger partial charge in [0.05, 0.1) is 12.0 Å². The number of likely N-dealkylation sites (tertiary alicyclic amines) is 1. The molecule has 0 saturated carbocycles. The summed E-state index contributed by atoms with van der Waals surface area (Å²) in [6.45, 7) is 4.36. The van der Waals surface area contributed by atoms with E-state index in [1.807, 2.05) is 17.8 Å². The highest BCUT2D eigenvalue weighted by Gasteiger charge is 2.35. The molecule has 1 aliphatic carbocycles. The molecule has 0 bridgehead atoms. The lowest BCUT2D eigenvalue weighted by atomic mass is 9.82. The summed E-state index contributed by atoms with van der Waals surface area (Å²) in [6.07, 6.45) is 5.73. The molecule has 1 amide bonds. The molecule has 1 aromatic rings. The summed E-state index contributed by atoms with van der Waals surface area (Å²) in [6, 6.07) is 6.47. The molecule has 136 valence electrons. The van der Waals surface area contributed by atoms with E-state index in [9.17, 15) is 4.79 Å². The van der Waals surface area contributed by atoms with Crippen LogP contribution < -0.4 is 0 Å². The highest BCUT2D eigenvalue weighted by atomic mass is 35.5. The molecule has 2 aliphatic heterocycles. The molecule has 25 heavy (non-hydrogen) atoms. The van der Waals surface area contributed by atoms with Crippen LogP contribution in [0.15, 0.2) is 18.2 Å². The van der Waals surface area contributed by atoms with E-state index in [1.54, 1.807) is 0 Å². The normalized spacial score (nSPS) is 27.3. The second kappa shape index (κ2) is 7.89. The Morgan fingerprint density at radius 3 is 2.88 bits per heavy atom. The van der Waals surface area contributed by atoms with Gasteiger partial charge in [0.2, 0.25) is 5.91 Å². The number of nitrogens with zero attached hydrogens (tertiary/aromatic N) is 2. The average molecular weight is 379 g/mol. The first-order valence-electron chi connectivity index (χ1n) is 9.61. The highest BCUT2D eigenvalue weighted by Crippen LogP contribution is 2.35. The van der Waals surface area contributed by atoms with Crippen molar-refractivity contribution in [2.75, 3.05) is 37.7 Å². The van der Waals surface area contributed by atoms with E-state index in [4.69, 9.17) is 11.6 Å². The van der Waals surface area contributed by atoms with E-state index in [-0.39, 0.29) is 5.92 Å². The van der Waals surface area contributed by atoms with Crippen molar-refractivity contribution < 1.29 is 4.79 Å². The summed E-state index contributed by atoms with van der Waals surface area (Å²) in [5, 5.41) is 0.785. The number of amides is 1. The van der Waals surface area contributed by atoms with Gasteiger partial charge in [0.25, 0.3) is 0 Å². The van der Waals surface area contributed by atoms with E-state index in [0.29, 0.717) is 11.9 Å². The van der Waals surface area contributed by atoms with Gasteiger partial charge in [-0.2, -0.15) is 11.8 Å². The predicted octanol–water partition coefficient (Wildman–Crippen LogP) is 3.80. The lowest BCUT2D eigenvalue weighted by Crippen LogP contribution is -2.52. The molecule has 4 rings (SSSR count). The fourth-order valence-corrected chi connectivity index (χ4v) is 5.84. The third-order valence-electron chi connectivity index (χ3n) is 5.90. The highest BCUT2D eigenvalue weighted by molar-refractivity contribution is 7.99. The van der Waals surface area contributed by atoms with E-state index in [2.05, 4.69) is 21.9 Å². The minimum Gasteiger partial charge on any atom is -0.336 e. The standard InChI is InChI=1S/C20H27ClN2OS/c21-16-6-7-18-15(12-16)4-3-5-19(18)20(24)23-10-11-25-14-17(23)13-22-8-1-2-9-22/h6-7,12,17,19H,1-5,8-11,13-14H2. The number of halogens is 1. The van der Waals surface area contributed by atoms with Crippen LogP contribution in [0.4, 0.5) is 0 Å². The lowest BCUT2D eigenvalue weighted by molar-refractivity contribution is -0.135. The quantitative estimate of drug-likeness (QED) is 0.799. The number of benzene rings is 1. The van der Waals surface area contributed by atoms with Crippen LogP contribution in [0.25, 0.3) is 0 Å². The van der Waals surface area contributed by atoms with Crippen LogP contribution in [-0.2, 0) is 11.2 Å². The Morgan fingerprint density at radius 1 is 1.20 bits per heavy atom. The molecule has 0 N–H and O–H groups in total. The number of thioether (sulfide) groups is 1. The zero-order valence-corrected chi connectivity index (χ0v) is 16.3. The molecule has 2 saturated heterocycles. The van der Waals surface area contributed by atoms with Gasteiger partial charge in [-0.1, -0.05) is 17.7 Å². The summed E-state index contributed by atoms with van der Waals surface area (Å²) >= 11 is 8.17. The molecule has 2 unspecified atom stereocenters. The number of carbonyl (C=O) groups excluding carboxylic acids is 1. The fourth-order valence-electron chi connectivity index (χ4n) is 4.60. The average Bonchev–Trinajstić information content (AvgIpc) is 3.14. The van der Waals surface area contributed by atoms with E-state index in [1.165, 1.54) is 37.1 Å². The summed E-state index contributed by atoms with van der Waals surface area (Å²) in [5.41, 5.74) is 2.50. The second-order valence-corrected chi connectivity index (χ2v) is 9.14. The Morgan fingerprint density at radius 2 is 2.04 bits per heavy atom. The van der Waals surface area contributed by atoms with Crippen molar-refractivity contribution in [3.8, 4) is 0 Å². The van der Waals surface area contributed by atoms with Gasteiger partial charge in [0, 0.05) is 29.6 Å². The van der Waals surface area contributed by atoms with Gasteiger partial charge in [0.15, 0.2) is 0 Å². The van der Waals surface area contributed by atoms with Gasteiger partial charge in [-0.15, -0.1) is 0 Å². The van der Waals surface area contributed by atoms with Crippen molar-refractivity contribution >= 4 is 29.3 Å². The van der Waals surface area contributed by atoms with Crippen LogP contribution in [-0.4, -0.2) is 59.4 Å². The molecule has 5 heteroatoms. The van der Waals surface area contributed by atoms with Crippen LogP contribution in [0.5, 0.6) is 0 Å². The van der Waals surface area contributed by atoms with Gasteiger partial charge in [-0.25, -0.2) is 0 Å². The molecule has 0 spiro atoms. The monoisotopic (exact) mass is 378 g/mol. The Bertz CT molecular complexity index is 632. The number of rotatable bonds is 3. The molecular formula is C20H27ClN2OS. The van der Waals surface area contributed by atoms with E-state index < -0.39 is 0 Å². The maximum Gasteiger partial charge on any atom is 0.230 e. The zero-order chi connectivity index (χ0) is 17.2. The van der Waals surface area contributed by atoms with Crippen molar-refractivity contribution in [2.45, 2.75) is 44.1 Å². The molecule has 3 aliphatic rings. The van der Waals surface area contributed by atoms with Gasteiger partial charge in [-0.05, 0) is 68.5 Å². The van der Waals surface area contributed by atoms with Crippen molar-refractivity contribution in [3.05, 3.63) is 34.3 Å². The Labute approximate surface area is 160 Å². The Hall–Kier alpha value is -0.710. The van der Waals surface area contributed by atoms with Gasteiger partial charge in [-0.3, -0.25) is 4.79 Å². The zero-order valence-electron chi connectivity index (χ0n) is 14.8. The minimum atomic E-state index is 0.0326. The molecule has 1 aromatic carbocycles. The Balaban J connectivity index is 1.52. The third-order valence-corrected chi connectivity index (χ3v) is 7.22. The smallest absolute Gasteiger partial charge is 0.230 e. The second-order valence-electron chi connectivity index (χ2n) is 7.56. The number of aryl methyl sites for hydroxylation is 1. The number of hydrogen-bond donors (Lipinski definition) is 0. The first kappa shape index (κ1) is 17.7. The number of fused-ring (bicyclic) bond motifs is 1. The van der Waals surface area contributed by atoms with Gasteiger partial charge in [0.1, 0.15) is 0 Å². The van der Waals surface area contributed by atoms with E-state index >= 15 is 0 Å². The fraction of sp³-hybridized carbons (Fsp3) is 0.650. The SMILES string of the molecule is O=C(C1CCCc2cc(Cl)ccc21)N1CCSCC1CN1CCCC1. The maximum atomic E-state index is 13.5. The van der Waals surface area contributed by atoms with Crippen LogP contribution in [0.1, 0.15) is 42.7 Å². The first-order chi connectivity index (χ1) is 12.2. The van der Waals surface area contributed by atoms with Crippen molar-refractivity contribution in [2.24, 2.45) is 0 Å². The maximum absolute atomic E-state index is 13.5. The van der Waals surface area contributed by atoms with E-state index in [0.717, 1.165) is 48.9 Å². The first-order valence-corrected chi connectivity index (χ1v) is 11.1. The van der Waals surface area contributed by atoms with Crippen molar-refractivity contribution in [3.63, 3.8) is 0 Å². The summed E-state index contributed by atoms with van der Waals surface area (Å²) < 4.78 is 0. The van der Waals surface area contributed by atoms with Gasteiger partial charge >= 0.3 is 0 Å². The largest absolute Gasteiger partial charge is 0.336 e. The molecule has 2 atom stereocenters. The summed E-state index contributed by atoms with van der Waals surface area (Å²) in [7, 11) is 0. The number of carbonyl (C=O) groups is 1. The molecule has 0 aromatic heterocycles. The number of hydrogen-bond acceptors (Lipinski definition) is 3. The van der Waals surface area contributed by atoms with Crippen LogP contribution in [0.3, 0.4) is 0 Å². The minimum absolute atomic E-state index is 0.0326. The molecular weight excluding hydrogens is 352 g/mol. The third kappa shape index (κ3) is 3.86. The predicted molar refractivity (Wildman–Crippen MR) is 106 cm³/mol. The lowest BCUT2D eigenvalue weighted by Gasteiger charge is -2.40. The molecule has 2 heterocycles. The van der Waals surface area contributed by atoms with Crippen molar-refractivity contribution in [1.29, 1.82) is 0 Å². The topological polar surface area (TPSA) is 23.6 Å². The molecule has 3 nitrogen and oxygen atoms in total. The summed E-state index contributed by atoms with van der Waals surface area (Å²) in [5.74, 6) is 2.54. The van der Waals surface area contributed by atoms with Crippen LogP contribution in [0.2, 0.25) is 5.02 Å². The van der Waals surface area contributed by atoms with Crippen LogP contribution >= 0.6 is 23.4 Å². The van der Waals surface area contributed by atoms with Crippen molar-refractivity contribution in [1.82, 2.24) is 9.80 Å². The molecule has 0 radical (unpaired) electrons. The van der Waals surface area contributed by atoms with Crippen LogP contribution in [0, 0.1) is 0 Å².